The quantitative estimate of drug-likeness (QED) is 0.415. The Morgan fingerprint density at radius 1 is 1.18 bits per heavy atom. The average molecular weight is 453 g/mol. The highest BCUT2D eigenvalue weighted by Gasteiger charge is 2.25. The molecule has 1 aromatic heterocycles. The van der Waals surface area contributed by atoms with E-state index >= 15 is 0 Å². The first-order chi connectivity index (χ1) is 16.6. The van der Waals surface area contributed by atoms with Crippen LogP contribution in [-0.4, -0.2) is 15.7 Å². The van der Waals surface area contributed by atoms with Crippen LogP contribution in [0.4, 0.5) is 5.69 Å². The molecule has 5 rings (SSSR count). The zero-order valence-electron chi connectivity index (χ0n) is 19.7. The minimum atomic E-state index is -0.176. The molecule has 3 N–H and O–H groups in total. The number of rotatable bonds is 9. The van der Waals surface area contributed by atoms with Crippen LogP contribution in [0.5, 0.6) is 0 Å². The molecule has 0 aliphatic heterocycles. The number of carbonyl (C=O) groups is 1. The summed E-state index contributed by atoms with van der Waals surface area (Å²) in [7, 11) is 0. The fourth-order valence-corrected chi connectivity index (χ4v) is 4.77. The zero-order valence-corrected chi connectivity index (χ0v) is 19.7. The van der Waals surface area contributed by atoms with Crippen LogP contribution < -0.4 is 11.1 Å². The molecule has 1 fully saturated rings. The van der Waals surface area contributed by atoms with Gasteiger partial charge < -0.3 is 11.1 Å². The minimum Gasteiger partial charge on any atom is -0.326 e. The van der Waals surface area contributed by atoms with Crippen LogP contribution >= 0.6 is 0 Å². The van der Waals surface area contributed by atoms with Gasteiger partial charge in [0.05, 0.1) is 11.4 Å². The van der Waals surface area contributed by atoms with Gasteiger partial charge in [-0.1, -0.05) is 55.3 Å². The molecule has 2 aromatic carbocycles. The number of aromatic nitrogens is 2. The molecule has 0 spiro atoms. The largest absolute Gasteiger partial charge is 0.326 e. The van der Waals surface area contributed by atoms with Crippen LogP contribution in [0.3, 0.4) is 0 Å². The Hall–Kier alpha value is -3.44. The molecule has 2 aliphatic carbocycles. The smallest absolute Gasteiger partial charge is 0.274 e. The first-order valence-electron chi connectivity index (χ1n) is 12.2. The summed E-state index contributed by atoms with van der Waals surface area (Å²) in [6, 6.07) is 18.0. The SMILES string of the molecule is Cc1cc(C(=O)Nc2cccc(C(CCC3CC3)C3=CCC=C3)c2)n(-c2cccc(CN)c2)n1. The molecule has 1 unspecified atom stereocenters. The average Bonchev–Trinajstić information content (AvgIpc) is 3.35. The summed E-state index contributed by atoms with van der Waals surface area (Å²) in [5.41, 5.74) is 12.4. The number of allylic oxidation sites excluding steroid dienone is 4. The molecule has 1 amide bonds. The topological polar surface area (TPSA) is 72.9 Å². The van der Waals surface area contributed by atoms with Crippen molar-refractivity contribution in [2.24, 2.45) is 11.7 Å². The van der Waals surface area contributed by atoms with Gasteiger partial charge in [0.2, 0.25) is 0 Å². The van der Waals surface area contributed by atoms with E-state index in [1.54, 1.807) is 4.68 Å². The number of nitrogens with two attached hydrogens (primary N) is 1. The van der Waals surface area contributed by atoms with E-state index in [1.165, 1.54) is 30.4 Å². The lowest BCUT2D eigenvalue weighted by atomic mass is 9.86. The highest BCUT2D eigenvalue weighted by atomic mass is 16.2. The second-order valence-electron chi connectivity index (χ2n) is 9.45. The number of nitrogens with one attached hydrogen (secondary N) is 1. The van der Waals surface area contributed by atoms with Crippen molar-refractivity contribution < 1.29 is 4.79 Å². The van der Waals surface area contributed by atoms with Crippen LogP contribution in [0.2, 0.25) is 0 Å². The third-order valence-electron chi connectivity index (χ3n) is 6.76. The lowest BCUT2D eigenvalue weighted by Gasteiger charge is -2.19. The van der Waals surface area contributed by atoms with E-state index in [9.17, 15) is 4.79 Å². The molecule has 5 heteroatoms. The maximum atomic E-state index is 13.3. The summed E-state index contributed by atoms with van der Waals surface area (Å²) < 4.78 is 1.69. The Labute approximate surface area is 201 Å². The molecule has 1 saturated carbocycles. The number of anilines is 1. The van der Waals surface area contributed by atoms with Gasteiger partial charge in [-0.2, -0.15) is 5.10 Å². The van der Waals surface area contributed by atoms with Crippen molar-refractivity contribution in [2.75, 3.05) is 5.32 Å². The van der Waals surface area contributed by atoms with E-state index in [4.69, 9.17) is 5.73 Å². The summed E-state index contributed by atoms with van der Waals surface area (Å²) in [4.78, 5) is 13.3. The van der Waals surface area contributed by atoms with Gasteiger partial charge in [-0.15, -0.1) is 0 Å². The monoisotopic (exact) mass is 452 g/mol. The van der Waals surface area contributed by atoms with Crippen LogP contribution in [0.25, 0.3) is 5.69 Å². The molecule has 1 heterocycles. The standard InChI is InChI=1S/C29H32N4O/c1-20-16-28(33(32-20)26-11-4-6-22(17-26)19-30)29(34)31-25-10-5-9-24(18-25)27(15-14-21-12-13-21)23-7-2-3-8-23/h2,4-11,16-18,21,27H,3,12-15,19,30H2,1H3,(H,31,34). The van der Waals surface area contributed by atoms with Crippen molar-refractivity contribution in [2.45, 2.75) is 51.5 Å². The first-order valence-corrected chi connectivity index (χ1v) is 12.2. The summed E-state index contributed by atoms with van der Waals surface area (Å²) >= 11 is 0. The van der Waals surface area contributed by atoms with Gasteiger partial charge in [0, 0.05) is 18.2 Å². The Balaban J connectivity index is 1.38. The van der Waals surface area contributed by atoms with E-state index in [1.807, 2.05) is 49.4 Å². The summed E-state index contributed by atoms with van der Waals surface area (Å²) in [6.07, 6.45) is 13.0. The van der Waals surface area contributed by atoms with Crippen molar-refractivity contribution in [1.82, 2.24) is 9.78 Å². The van der Waals surface area contributed by atoms with Gasteiger partial charge in [-0.05, 0) is 79.1 Å². The normalized spacial score (nSPS) is 15.9. The van der Waals surface area contributed by atoms with E-state index in [2.05, 4.69) is 40.8 Å². The van der Waals surface area contributed by atoms with Crippen molar-refractivity contribution >= 4 is 11.6 Å². The lowest BCUT2D eigenvalue weighted by Crippen LogP contribution is -2.17. The molecule has 0 bridgehead atoms. The molecule has 34 heavy (non-hydrogen) atoms. The highest BCUT2D eigenvalue weighted by Crippen LogP contribution is 2.40. The van der Waals surface area contributed by atoms with Crippen LogP contribution in [0.1, 0.15) is 65.3 Å². The molecule has 1 atom stereocenters. The van der Waals surface area contributed by atoms with Crippen LogP contribution in [0, 0.1) is 12.8 Å². The Morgan fingerprint density at radius 2 is 2.03 bits per heavy atom. The van der Waals surface area contributed by atoms with Gasteiger partial charge in [0.15, 0.2) is 0 Å². The van der Waals surface area contributed by atoms with Gasteiger partial charge in [0.1, 0.15) is 5.69 Å². The predicted molar refractivity (Wildman–Crippen MR) is 137 cm³/mol. The van der Waals surface area contributed by atoms with Crippen molar-refractivity contribution in [3.05, 3.63) is 101 Å². The van der Waals surface area contributed by atoms with Gasteiger partial charge >= 0.3 is 0 Å². The third kappa shape index (κ3) is 5.05. The third-order valence-corrected chi connectivity index (χ3v) is 6.76. The predicted octanol–water partition coefficient (Wildman–Crippen LogP) is 6.05. The highest BCUT2D eigenvalue weighted by molar-refractivity contribution is 6.03. The lowest BCUT2D eigenvalue weighted by molar-refractivity contribution is 0.101. The number of carbonyl (C=O) groups excluding carboxylic acids is 1. The Kier molecular flexibility index (Phi) is 6.45. The van der Waals surface area contributed by atoms with E-state index in [0.29, 0.717) is 18.2 Å². The number of hydrogen-bond acceptors (Lipinski definition) is 3. The summed E-state index contributed by atoms with van der Waals surface area (Å²) in [5, 5.41) is 7.68. The van der Waals surface area contributed by atoms with Crippen LogP contribution in [0.15, 0.2) is 78.4 Å². The Morgan fingerprint density at radius 3 is 2.79 bits per heavy atom. The molecule has 3 aromatic rings. The number of nitrogens with zero attached hydrogens (tertiary/aromatic N) is 2. The molecule has 2 aliphatic rings. The van der Waals surface area contributed by atoms with Gasteiger partial charge in [-0.25, -0.2) is 4.68 Å². The maximum absolute atomic E-state index is 13.3. The second kappa shape index (κ2) is 9.82. The fourth-order valence-electron chi connectivity index (χ4n) is 4.77. The zero-order chi connectivity index (χ0) is 23.5. The molecule has 0 radical (unpaired) electrons. The molecule has 0 saturated heterocycles. The minimum absolute atomic E-state index is 0.176. The number of amides is 1. The van der Waals surface area contributed by atoms with Gasteiger partial charge in [-0.3, -0.25) is 4.79 Å². The fraction of sp³-hybridized carbons (Fsp3) is 0.310. The summed E-state index contributed by atoms with van der Waals surface area (Å²) in [5.74, 6) is 1.10. The molecule has 174 valence electrons. The van der Waals surface area contributed by atoms with E-state index in [0.717, 1.165) is 41.4 Å². The van der Waals surface area contributed by atoms with E-state index < -0.39 is 0 Å². The van der Waals surface area contributed by atoms with Crippen molar-refractivity contribution in [3.63, 3.8) is 0 Å². The van der Waals surface area contributed by atoms with Crippen LogP contribution in [-0.2, 0) is 6.54 Å². The van der Waals surface area contributed by atoms with Crippen molar-refractivity contribution in [3.8, 4) is 5.69 Å². The second-order valence-corrected chi connectivity index (χ2v) is 9.45. The Bertz CT molecular complexity index is 1250. The number of aryl methyl sites for hydroxylation is 1. The van der Waals surface area contributed by atoms with E-state index in [-0.39, 0.29) is 5.91 Å². The molecule has 5 nitrogen and oxygen atoms in total. The first kappa shape index (κ1) is 22.4. The number of benzene rings is 2. The molecular formula is C29H32N4O. The number of hydrogen-bond donors (Lipinski definition) is 2. The maximum Gasteiger partial charge on any atom is 0.274 e. The summed E-state index contributed by atoms with van der Waals surface area (Å²) in [6.45, 7) is 2.34. The van der Waals surface area contributed by atoms with Crippen molar-refractivity contribution in [1.29, 1.82) is 0 Å². The van der Waals surface area contributed by atoms with Gasteiger partial charge in [0.25, 0.3) is 5.91 Å². The molecular weight excluding hydrogens is 420 g/mol.